The molecular formula is C20H26N4O. The Morgan fingerprint density at radius 2 is 1.96 bits per heavy atom. The summed E-state index contributed by atoms with van der Waals surface area (Å²) in [6.07, 6.45) is 4.92. The van der Waals surface area contributed by atoms with Crippen molar-refractivity contribution in [3.8, 4) is 0 Å². The van der Waals surface area contributed by atoms with Gasteiger partial charge in [0.05, 0.1) is 6.20 Å². The van der Waals surface area contributed by atoms with E-state index in [1.165, 1.54) is 16.7 Å². The van der Waals surface area contributed by atoms with E-state index < -0.39 is 0 Å². The summed E-state index contributed by atoms with van der Waals surface area (Å²) in [5.74, 6) is 0.891. The van der Waals surface area contributed by atoms with Crippen LogP contribution in [0.4, 0.5) is 0 Å². The summed E-state index contributed by atoms with van der Waals surface area (Å²) in [5.41, 5.74) is 3.94. The number of piperazine rings is 1. The van der Waals surface area contributed by atoms with Crippen LogP contribution < -0.4 is 0 Å². The Morgan fingerprint density at radius 3 is 2.64 bits per heavy atom. The van der Waals surface area contributed by atoms with Crippen molar-refractivity contribution >= 4 is 5.91 Å². The van der Waals surface area contributed by atoms with E-state index in [0.29, 0.717) is 11.8 Å². The van der Waals surface area contributed by atoms with Gasteiger partial charge < -0.3 is 4.90 Å². The Hall–Kier alpha value is -2.14. The smallest absolute Gasteiger partial charge is 0.226 e. The molecule has 0 spiro atoms. The highest BCUT2D eigenvalue weighted by Crippen LogP contribution is 2.48. The van der Waals surface area contributed by atoms with Gasteiger partial charge in [0.25, 0.3) is 0 Å². The molecule has 1 saturated carbocycles. The summed E-state index contributed by atoms with van der Waals surface area (Å²) in [6, 6.07) is 8.56. The predicted octanol–water partition coefficient (Wildman–Crippen LogP) is 2.18. The average molecular weight is 338 g/mol. The SMILES string of the molecule is Cc1ccccc1CN1CCN(C(=O)C2CC2c2cnn(C)c2)CC1. The van der Waals surface area contributed by atoms with Crippen molar-refractivity contribution in [3.05, 3.63) is 53.3 Å². The highest BCUT2D eigenvalue weighted by Gasteiger charge is 2.46. The van der Waals surface area contributed by atoms with Gasteiger partial charge in [-0.05, 0) is 36.0 Å². The number of carbonyl (C=O) groups is 1. The molecule has 2 heterocycles. The van der Waals surface area contributed by atoms with Crippen LogP contribution >= 0.6 is 0 Å². The predicted molar refractivity (Wildman–Crippen MR) is 97.1 cm³/mol. The molecule has 1 aromatic carbocycles. The molecule has 2 aromatic rings. The van der Waals surface area contributed by atoms with Crippen LogP contribution in [-0.2, 0) is 18.4 Å². The van der Waals surface area contributed by atoms with Gasteiger partial charge in [0, 0.05) is 51.9 Å². The van der Waals surface area contributed by atoms with Gasteiger partial charge >= 0.3 is 0 Å². The van der Waals surface area contributed by atoms with Crippen molar-refractivity contribution in [2.75, 3.05) is 26.2 Å². The maximum atomic E-state index is 12.8. The van der Waals surface area contributed by atoms with Gasteiger partial charge in [0.1, 0.15) is 0 Å². The molecule has 1 aliphatic heterocycles. The summed E-state index contributed by atoms with van der Waals surface area (Å²) in [7, 11) is 1.93. The molecule has 1 amide bonds. The van der Waals surface area contributed by atoms with E-state index in [2.05, 4.69) is 46.1 Å². The minimum atomic E-state index is 0.173. The fourth-order valence-electron chi connectivity index (χ4n) is 3.86. The van der Waals surface area contributed by atoms with Gasteiger partial charge in [-0.25, -0.2) is 0 Å². The van der Waals surface area contributed by atoms with Crippen molar-refractivity contribution in [1.82, 2.24) is 19.6 Å². The molecule has 2 unspecified atom stereocenters. The Morgan fingerprint density at radius 1 is 1.20 bits per heavy atom. The van der Waals surface area contributed by atoms with Gasteiger partial charge in [0.15, 0.2) is 0 Å². The molecular weight excluding hydrogens is 312 g/mol. The maximum absolute atomic E-state index is 12.8. The first-order valence-electron chi connectivity index (χ1n) is 9.16. The number of benzene rings is 1. The summed E-state index contributed by atoms with van der Waals surface area (Å²) in [4.78, 5) is 17.3. The van der Waals surface area contributed by atoms with Crippen molar-refractivity contribution in [3.63, 3.8) is 0 Å². The van der Waals surface area contributed by atoms with E-state index in [9.17, 15) is 4.79 Å². The molecule has 2 aliphatic rings. The number of carbonyl (C=O) groups excluding carboxylic acids is 1. The van der Waals surface area contributed by atoms with E-state index in [1.54, 1.807) is 0 Å². The third-order valence-corrected chi connectivity index (χ3v) is 5.60. The van der Waals surface area contributed by atoms with Crippen LogP contribution in [0.15, 0.2) is 36.7 Å². The molecule has 2 atom stereocenters. The Labute approximate surface area is 149 Å². The summed E-state index contributed by atoms with van der Waals surface area (Å²) < 4.78 is 1.82. The Balaban J connectivity index is 1.29. The molecule has 4 rings (SSSR count). The van der Waals surface area contributed by atoms with Crippen LogP contribution in [0.5, 0.6) is 0 Å². The van der Waals surface area contributed by atoms with E-state index >= 15 is 0 Å². The van der Waals surface area contributed by atoms with Gasteiger partial charge in [0.2, 0.25) is 5.91 Å². The zero-order chi connectivity index (χ0) is 17.4. The normalized spacial score (nSPS) is 23.7. The van der Waals surface area contributed by atoms with Crippen LogP contribution in [0.25, 0.3) is 0 Å². The zero-order valence-electron chi connectivity index (χ0n) is 15.1. The lowest BCUT2D eigenvalue weighted by Gasteiger charge is -2.35. The lowest BCUT2D eigenvalue weighted by Crippen LogP contribution is -2.48. The Kier molecular flexibility index (Phi) is 4.34. The largest absolute Gasteiger partial charge is 0.340 e. The average Bonchev–Trinajstić information content (AvgIpc) is 3.31. The van der Waals surface area contributed by atoms with Gasteiger partial charge in [-0.2, -0.15) is 5.10 Å². The van der Waals surface area contributed by atoms with Crippen molar-refractivity contribution < 1.29 is 4.79 Å². The van der Waals surface area contributed by atoms with Crippen molar-refractivity contribution in [2.24, 2.45) is 13.0 Å². The van der Waals surface area contributed by atoms with E-state index in [1.807, 2.05) is 24.1 Å². The van der Waals surface area contributed by atoms with Gasteiger partial charge in [-0.3, -0.25) is 14.4 Å². The molecule has 0 radical (unpaired) electrons. The molecule has 5 heteroatoms. The molecule has 25 heavy (non-hydrogen) atoms. The molecule has 5 nitrogen and oxygen atoms in total. The standard InChI is InChI=1S/C20H26N4O/c1-15-5-3-4-6-16(15)14-23-7-9-24(10-8-23)20(25)19-11-18(19)17-12-21-22(2)13-17/h3-6,12-13,18-19H,7-11,14H2,1-2H3. The number of nitrogens with zero attached hydrogens (tertiary/aromatic N) is 4. The molecule has 1 aliphatic carbocycles. The van der Waals surface area contributed by atoms with Gasteiger partial charge in [-0.1, -0.05) is 24.3 Å². The lowest BCUT2D eigenvalue weighted by atomic mass is 10.1. The van der Waals surface area contributed by atoms with Gasteiger partial charge in [-0.15, -0.1) is 0 Å². The van der Waals surface area contributed by atoms with Crippen LogP contribution in [0.1, 0.15) is 29.0 Å². The monoisotopic (exact) mass is 338 g/mol. The van der Waals surface area contributed by atoms with Crippen molar-refractivity contribution in [2.45, 2.75) is 25.8 Å². The number of hydrogen-bond acceptors (Lipinski definition) is 3. The fourth-order valence-corrected chi connectivity index (χ4v) is 3.86. The highest BCUT2D eigenvalue weighted by atomic mass is 16.2. The number of aryl methyl sites for hydroxylation is 2. The van der Waals surface area contributed by atoms with Crippen LogP contribution in [0.2, 0.25) is 0 Å². The van der Waals surface area contributed by atoms with Crippen LogP contribution in [0.3, 0.4) is 0 Å². The first-order valence-corrected chi connectivity index (χ1v) is 9.16. The summed E-state index contributed by atoms with van der Waals surface area (Å²) in [5, 5.41) is 4.23. The minimum Gasteiger partial charge on any atom is -0.340 e. The second-order valence-corrected chi connectivity index (χ2v) is 7.42. The second kappa shape index (κ2) is 6.64. The number of rotatable bonds is 4. The number of amides is 1. The minimum absolute atomic E-state index is 0.173. The topological polar surface area (TPSA) is 41.4 Å². The summed E-state index contributed by atoms with van der Waals surface area (Å²) in [6.45, 7) is 6.77. The summed E-state index contributed by atoms with van der Waals surface area (Å²) >= 11 is 0. The van der Waals surface area contributed by atoms with E-state index in [4.69, 9.17) is 0 Å². The molecule has 132 valence electrons. The maximum Gasteiger partial charge on any atom is 0.226 e. The first kappa shape index (κ1) is 16.3. The number of hydrogen-bond donors (Lipinski definition) is 0. The molecule has 1 saturated heterocycles. The molecule has 0 N–H and O–H groups in total. The second-order valence-electron chi connectivity index (χ2n) is 7.42. The molecule has 1 aromatic heterocycles. The highest BCUT2D eigenvalue weighted by molar-refractivity contribution is 5.83. The first-order chi connectivity index (χ1) is 12.1. The van der Waals surface area contributed by atoms with E-state index in [-0.39, 0.29) is 5.92 Å². The van der Waals surface area contributed by atoms with Crippen LogP contribution in [-0.4, -0.2) is 51.7 Å². The van der Waals surface area contributed by atoms with Crippen molar-refractivity contribution in [1.29, 1.82) is 0 Å². The third-order valence-electron chi connectivity index (χ3n) is 5.60. The Bertz CT molecular complexity index is 761. The lowest BCUT2D eigenvalue weighted by molar-refractivity contribution is -0.134. The third kappa shape index (κ3) is 3.47. The molecule has 0 bridgehead atoms. The van der Waals surface area contributed by atoms with Crippen LogP contribution in [0, 0.1) is 12.8 Å². The molecule has 2 fully saturated rings. The fraction of sp³-hybridized carbons (Fsp3) is 0.500. The zero-order valence-corrected chi connectivity index (χ0v) is 15.1. The van der Waals surface area contributed by atoms with E-state index in [0.717, 1.165) is 39.1 Å². The number of aromatic nitrogens is 2. The quantitative estimate of drug-likeness (QED) is 0.858.